The van der Waals surface area contributed by atoms with E-state index in [1.807, 2.05) is 37.3 Å². The van der Waals surface area contributed by atoms with Crippen molar-refractivity contribution in [1.82, 2.24) is 9.88 Å². The van der Waals surface area contributed by atoms with Crippen LogP contribution in [0.1, 0.15) is 28.7 Å². The van der Waals surface area contributed by atoms with E-state index in [-0.39, 0.29) is 12.5 Å². The molecule has 0 spiro atoms. The fraction of sp³-hybridized carbons (Fsp3) is 0.353. The minimum absolute atomic E-state index is 0.118. The third-order valence-corrected chi connectivity index (χ3v) is 5.48. The van der Waals surface area contributed by atoms with E-state index in [0.29, 0.717) is 23.5 Å². The summed E-state index contributed by atoms with van der Waals surface area (Å²) >= 11 is 1.37. The molecule has 0 saturated carbocycles. The van der Waals surface area contributed by atoms with Gasteiger partial charge in [-0.15, -0.1) is 11.3 Å². The van der Waals surface area contributed by atoms with Crippen LogP contribution in [0.3, 0.4) is 0 Å². The van der Waals surface area contributed by atoms with Gasteiger partial charge < -0.3 is 10.0 Å². The summed E-state index contributed by atoms with van der Waals surface area (Å²) in [6.45, 7) is 4.24. The Morgan fingerprint density at radius 1 is 1.30 bits per heavy atom. The molecule has 0 radical (unpaired) electrons. The first kappa shape index (κ1) is 15.7. The maximum Gasteiger partial charge on any atom is 0.311 e. The average molecular weight is 330 g/mol. The quantitative estimate of drug-likeness (QED) is 0.939. The van der Waals surface area contributed by atoms with Gasteiger partial charge in [0.25, 0.3) is 5.91 Å². The zero-order valence-corrected chi connectivity index (χ0v) is 13.9. The number of benzene rings is 1. The van der Waals surface area contributed by atoms with Crippen LogP contribution in [0, 0.1) is 12.3 Å². The number of carbonyl (C=O) groups excluding carboxylic acids is 1. The fourth-order valence-electron chi connectivity index (χ4n) is 2.75. The smallest absolute Gasteiger partial charge is 0.311 e. The Morgan fingerprint density at radius 2 is 2.00 bits per heavy atom. The van der Waals surface area contributed by atoms with Crippen LogP contribution in [-0.2, 0) is 4.79 Å². The van der Waals surface area contributed by atoms with Crippen LogP contribution < -0.4 is 0 Å². The number of aromatic nitrogens is 1. The molecule has 1 fully saturated rings. The molecule has 1 unspecified atom stereocenters. The molecule has 1 N–H and O–H groups in total. The monoisotopic (exact) mass is 330 g/mol. The lowest BCUT2D eigenvalue weighted by molar-refractivity contribution is -0.147. The molecule has 2 heterocycles. The van der Waals surface area contributed by atoms with Crippen molar-refractivity contribution in [3.63, 3.8) is 0 Å². The lowest BCUT2D eigenvalue weighted by Gasteiger charge is -2.19. The fourth-order valence-corrected chi connectivity index (χ4v) is 3.79. The largest absolute Gasteiger partial charge is 0.481 e. The summed E-state index contributed by atoms with van der Waals surface area (Å²) in [6.07, 6.45) is 0.484. The predicted molar refractivity (Wildman–Crippen MR) is 88.6 cm³/mol. The topological polar surface area (TPSA) is 70.5 Å². The highest BCUT2D eigenvalue weighted by Crippen LogP contribution is 2.34. The second kappa shape index (κ2) is 5.77. The Bertz CT molecular complexity index is 756. The lowest BCUT2D eigenvalue weighted by atomic mass is 9.90. The molecule has 1 atom stereocenters. The number of thiazole rings is 1. The van der Waals surface area contributed by atoms with Crippen LogP contribution >= 0.6 is 11.3 Å². The van der Waals surface area contributed by atoms with Crippen molar-refractivity contribution in [1.29, 1.82) is 0 Å². The number of carboxylic acid groups (broad SMARTS) is 1. The van der Waals surface area contributed by atoms with Gasteiger partial charge in [0.2, 0.25) is 0 Å². The Balaban J connectivity index is 1.84. The molecule has 0 aliphatic carbocycles. The number of hydrogen-bond acceptors (Lipinski definition) is 4. The van der Waals surface area contributed by atoms with E-state index in [9.17, 15) is 14.7 Å². The number of rotatable bonds is 3. The van der Waals surface area contributed by atoms with Crippen molar-refractivity contribution in [2.24, 2.45) is 5.41 Å². The first-order valence-electron chi connectivity index (χ1n) is 7.46. The molecule has 1 aromatic carbocycles. The SMILES string of the molecule is Cc1nc(-c2ccccc2)sc1C(=O)N1CCC(C)(C(=O)O)C1. The van der Waals surface area contributed by atoms with E-state index >= 15 is 0 Å². The molecule has 2 aromatic rings. The number of aryl methyl sites for hydroxylation is 1. The maximum absolute atomic E-state index is 12.7. The number of carbonyl (C=O) groups is 2. The van der Waals surface area contributed by atoms with E-state index in [1.165, 1.54) is 11.3 Å². The van der Waals surface area contributed by atoms with Crippen LogP contribution in [0.5, 0.6) is 0 Å². The van der Waals surface area contributed by atoms with Gasteiger partial charge >= 0.3 is 5.97 Å². The number of hydrogen-bond donors (Lipinski definition) is 1. The van der Waals surface area contributed by atoms with Crippen molar-refractivity contribution < 1.29 is 14.7 Å². The molecule has 1 aliphatic heterocycles. The summed E-state index contributed by atoms with van der Waals surface area (Å²) in [6, 6.07) is 9.74. The summed E-state index contributed by atoms with van der Waals surface area (Å²) < 4.78 is 0. The van der Waals surface area contributed by atoms with Crippen molar-refractivity contribution in [3.8, 4) is 10.6 Å². The second-order valence-electron chi connectivity index (χ2n) is 6.14. The number of amides is 1. The molecule has 120 valence electrons. The van der Waals surface area contributed by atoms with Gasteiger partial charge in [0, 0.05) is 18.7 Å². The van der Waals surface area contributed by atoms with E-state index < -0.39 is 11.4 Å². The van der Waals surface area contributed by atoms with Gasteiger partial charge in [0.15, 0.2) is 0 Å². The first-order valence-corrected chi connectivity index (χ1v) is 8.28. The van der Waals surface area contributed by atoms with Crippen molar-refractivity contribution in [2.45, 2.75) is 20.3 Å². The normalized spacial score (nSPS) is 20.7. The Labute approximate surface area is 138 Å². The summed E-state index contributed by atoms with van der Waals surface area (Å²) in [4.78, 5) is 30.8. The van der Waals surface area contributed by atoms with Crippen LogP contribution in [0.4, 0.5) is 0 Å². The summed E-state index contributed by atoms with van der Waals surface area (Å²) in [5.41, 5.74) is 0.829. The summed E-state index contributed by atoms with van der Waals surface area (Å²) in [5, 5.41) is 10.1. The molecule has 3 rings (SSSR count). The van der Waals surface area contributed by atoms with Gasteiger partial charge in [-0.1, -0.05) is 30.3 Å². The van der Waals surface area contributed by atoms with E-state index in [0.717, 1.165) is 10.6 Å². The molecule has 5 nitrogen and oxygen atoms in total. The number of aliphatic carboxylic acids is 1. The predicted octanol–water partition coefficient (Wildman–Crippen LogP) is 3.06. The Hall–Kier alpha value is -2.21. The lowest BCUT2D eigenvalue weighted by Crippen LogP contribution is -2.34. The van der Waals surface area contributed by atoms with Crippen molar-refractivity contribution in [2.75, 3.05) is 13.1 Å². The number of likely N-dealkylation sites (tertiary alicyclic amines) is 1. The minimum Gasteiger partial charge on any atom is -0.481 e. The molecule has 6 heteroatoms. The molecular formula is C17H18N2O3S. The van der Waals surface area contributed by atoms with Gasteiger partial charge in [-0.05, 0) is 20.3 Å². The zero-order valence-electron chi connectivity index (χ0n) is 13.1. The summed E-state index contributed by atoms with van der Waals surface area (Å²) in [5.74, 6) is -0.967. The maximum atomic E-state index is 12.7. The average Bonchev–Trinajstić information content (AvgIpc) is 3.12. The first-order chi connectivity index (χ1) is 10.9. The highest BCUT2D eigenvalue weighted by molar-refractivity contribution is 7.17. The minimum atomic E-state index is -0.851. The van der Waals surface area contributed by atoms with Gasteiger partial charge in [0.05, 0.1) is 11.1 Å². The van der Waals surface area contributed by atoms with Crippen molar-refractivity contribution in [3.05, 3.63) is 40.9 Å². The van der Waals surface area contributed by atoms with Crippen LogP contribution in [0.15, 0.2) is 30.3 Å². The molecule has 1 aromatic heterocycles. The highest BCUT2D eigenvalue weighted by Gasteiger charge is 2.42. The summed E-state index contributed by atoms with van der Waals surface area (Å²) in [7, 11) is 0. The number of carboxylic acids is 1. The van der Waals surface area contributed by atoms with Gasteiger partial charge in [-0.2, -0.15) is 0 Å². The van der Waals surface area contributed by atoms with E-state index in [4.69, 9.17) is 0 Å². The van der Waals surface area contributed by atoms with E-state index in [1.54, 1.807) is 11.8 Å². The third kappa shape index (κ3) is 2.86. The van der Waals surface area contributed by atoms with Crippen LogP contribution in [0.2, 0.25) is 0 Å². The number of nitrogens with zero attached hydrogens (tertiary/aromatic N) is 2. The van der Waals surface area contributed by atoms with Crippen LogP contribution in [0.25, 0.3) is 10.6 Å². The molecule has 1 saturated heterocycles. The zero-order chi connectivity index (χ0) is 16.6. The Kier molecular flexibility index (Phi) is 3.93. The van der Waals surface area contributed by atoms with Gasteiger partial charge in [0.1, 0.15) is 9.88 Å². The highest BCUT2D eigenvalue weighted by atomic mass is 32.1. The molecule has 0 bridgehead atoms. The van der Waals surface area contributed by atoms with Crippen molar-refractivity contribution >= 4 is 23.2 Å². The van der Waals surface area contributed by atoms with E-state index in [2.05, 4.69) is 4.98 Å². The molecule has 23 heavy (non-hydrogen) atoms. The molecular weight excluding hydrogens is 312 g/mol. The third-order valence-electron chi connectivity index (χ3n) is 4.29. The Morgan fingerprint density at radius 3 is 2.61 bits per heavy atom. The van der Waals surface area contributed by atoms with Crippen LogP contribution in [-0.4, -0.2) is 40.0 Å². The van der Waals surface area contributed by atoms with Gasteiger partial charge in [-0.25, -0.2) is 4.98 Å². The van der Waals surface area contributed by atoms with Gasteiger partial charge in [-0.3, -0.25) is 9.59 Å². The second-order valence-corrected chi connectivity index (χ2v) is 7.14. The molecule has 1 aliphatic rings. The standard InChI is InChI=1S/C17H18N2O3S/c1-11-13(23-14(18-11)12-6-4-3-5-7-12)15(20)19-9-8-17(2,10-19)16(21)22/h3-7H,8-10H2,1-2H3,(H,21,22). The molecule has 1 amide bonds.